The van der Waals surface area contributed by atoms with Crippen LogP contribution in [-0.2, 0) is 0 Å². The van der Waals surface area contributed by atoms with Gasteiger partial charge in [-0.1, -0.05) is 5.92 Å². The molecule has 1 rings (SSSR count). The van der Waals surface area contributed by atoms with Gasteiger partial charge in [-0.2, -0.15) is 0 Å². The summed E-state index contributed by atoms with van der Waals surface area (Å²) < 4.78 is 12.0. The van der Waals surface area contributed by atoms with Crippen LogP contribution in [0.5, 0.6) is 0 Å². The highest BCUT2D eigenvalue weighted by Crippen LogP contribution is 2.06. The van der Waals surface area contributed by atoms with Crippen LogP contribution in [0, 0.1) is 12.3 Å². The first-order chi connectivity index (χ1) is 7.19. The molecule has 15 heavy (non-hydrogen) atoms. The number of halogens is 1. The second-order valence-electron chi connectivity index (χ2n) is 3.14. The number of terminal acetylenes is 1. The fourth-order valence-corrected chi connectivity index (χ4v) is 1.16. The van der Waals surface area contributed by atoms with E-state index in [2.05, 4.69) is 5.92 Å². The molecule has 1 aromatic carbocycles. The van der Waals surface area contributed by atoms with Crippen molar-refractivity contribution in [2.45, 2.75) is 0 Å². The first-order valence-electron chi connectivity index (χ1n) is 4.57. The first-order valence-corrected chi connectivity index (χ1v) is 4.57. The number of nitrogens with zero attached hydrogens (tertiary/aromatic N) is 1. The van der Waals surface area contributed by atoms with Crippen LogP contribution in [0.4, 0.5) is 4.39 Å². The van der Waals surface area contributed by atoms with Crippen LogP contribution in [0.3, 0.4) is 0 Å². The molecular weight excluding hydrogens is 193 g/mol. The molecule has 0 N–H and O–H groups in total. The van der Waals surface area contributed by atoms with E-state index in [1.54, 1.807) is 31.3 Å². The highest BCUT2D eigenvalue weighted by Gasteiger charge is 2.10. The van der Waals surface area contributed by atoms with Gasteiger partial charge in [0.15, 0.2) is 0 Å². The van der Waals surface area contributed by atoms with Crippen molar-refractivity contribution >= 4 is 5.91 Å². The molecule has 0 heterocycles. The van der Waals surface area contributed by atoms with Gasteiger partial charge in [-0.05, 0) is 24.3 Å². The standard InChI is InChI=1S/C12H12FNO/c1-3-10-4-6-11(7-5-10)12(15)14(2)9-8-13/h1,4-7H,8-9H2,2H3. The first kappa shape index (κ1) is 11.3. The third-order valence-corrected chi connectivity index (χ3v) is 2.07. The molecule has 0 aliphatic heterocycles. The Labute approximate surface area is 88.7 Å². The minimum Gasteiger partial charge on any atom is -0.339 e. The summed E-state index contributed by atoms with van der Waals surface area (Å²) in [6.45, 7) is -0.430. The molecule has 0 unspecified atom stereocenters. The van der Waals surface area contributed by atoms with Crippen molar-refractivity contribution in [2.24, 2.45) is 0 Å². The Bertz CT molecular complexity index is 378. The van der Waals surface area contributed by atoms with Crippen molar-refractivity contribution in [3.8, 4) is 12.3 Å². The van der Waals surface area contributed by atoms with Gasteiger partial charge in [-0.25, -0.2) is 4.39 Å². The maximum Gasteiger partial charge on any atom is 0.253 e. The highest BCUT2D eigenvalue weighted by molar-refractivity contribution is 5.94. The highest BCUT2D eigenvalue weighted by atomic mass is 19.1. The summed E-state index contributed by atoms with van der Waals surface area (Å²) in [6, 6.07) is 6.67. The minimum absolute atomic E-state index is 0.107. The quantitative estimate of drug-likeness (QED) is 0.688. The number of amides is 1. The maximum absolute atomic E-state index is 12.0. The molecule has 2 nitrogen and oxygen atoms in total. The van der Waals surface area contributed by atoms with Crippen LogP contribution >= 0.6 is 0 Å². The van der Waals surface area contributed by atoms with E-state index in [0.717, 1.165) is 5.56 Å². The van der Waals surface area contributed by atoms with E-state index in [1.165, 1.54) is 4.90 Å². The zero-order valence-corrected chi connectivity index (χ0v) is 8.53. The van der Waals surface area contributed by atoms with E-state index in [9.17, 15) is 9.18 Å². The zero-order chi connectivity index (χ0) is 11.3. The lowest BCUT2D eigenvalue weighted by Gasteiger charge is -2.14. The lowest BCUT2D eigenvalue weighted by Crippen LogP contribution is -2.28. The van der Waals surface area contributed by atoms with Crippen LogP contribution < -0.4 is 0 Å². The molecule has 0 saturated carbocycles. The molecular formula is C12H12FNO. The lowest BCUT2D eigenvalue weighted by molar-refractivity contribution is 0.0786. The van der Waals surface area contributed by atoms with Gasteiger partial charge in [0.25, 0.3) is 5.91 Å². The monoisotopic (exact) mass is 205 g/mol. The van der Waals surface area contributed by atoms with Crippen LogP contribution in [-0.4, -0.2) is 31.1 Å². The summed E-state index contributed by atoms with van der Waals surface area (Å²) in [6.07, 6.45) is 5.19. The predicted octanol–water partition coefficient (Wildman–Crippen LogP) is 1.71. The van der Waals surface area contributed by atoms with Gasteiger partial charge >= 0.3 is 0 Å². The summed E-state index contributed by atoms with van der Waals surface area (Å²) >= 11 is 0. The van der Waals surface area contributed by atoms with Gasteiger partial charge in [0.1, 0.15) is 6.67 Å². The number of hydrogen-bond acceptors (Lipinski definition) is 1. The van der Waals surface area contributed by atoms with Gasteiger partial charge in [0.2, 0.25) is 0 Å². The Morgan fingerprint density at radius 1 is 1.47 bits per heavy atom. The Hall–Kier alpha value is -1.82. The van der Waals surface area contributed by atoms with Crippen molar-refractivity contribution in [3.63, 3.8) is 0 Å². The molecule has 1 aromatic rings. The summed E-state index contributed by atoms with van der Waals surface area (Å²) in [5, 5.41) is 0. The van der Waals surface area contributed by atoms with Crippen LogP contribution in [0.15, 0.2) is 24.3 Å². The van der Waals surface area contributed by atoms with Gasteiger partial charge < -0.3 is 4.90 Å². The summed E-state index contributed by atoms with van der Waals surface area (Å²) in [4.78, 5) is 13.0. The third-order valence-electron chi connectivity index (χ3n) is 2.07. The van der Waals surface area contributed by atoms with Crippen molar-refractivity contribution in [1.82, 2.24) is 4.90 Å². The molecule has 3 heteroatoms. The molecule has 0 radical (unpaired) electrons. The minimum atomic E-state index is -0.537. The normalized spacial score (nSPS) is 9.40. The largest absolute Gasteiger partial charge is 0.339 e. The van der Waals surface area contributed by atoms with Crippen molar-refractivity contribution in [3.05, 3.63) is 35.4 Å². The number of benzene rings is 1. The van der Waals surface area contributed by atoms with Gasteiger partial charge in [-0.15, -0.1) is 6.42 Å². The van der Waals surface area contributed by atoms with Crippen LogP contribution in [0.25, 0.3) is 0 Å². The van der Waals surface area contributed by atoms with Crippen molar-refractivity contribution < 1.29 is 9.18 Å². The van der Waals surface area contributed by atoms with Gasteiger partial charge in [-0.3, -0.25) is 4.79 Å². The molecule has 0 aliphatic carbocycles. The van der Waals surface area contributed by atoms with Crippen LogP contribution in [0.1, 0.15) is 15.9 Å². The SMILES string of the molecule is C#Cc1ccc(C(=O)N(C)CCF)cc1. The van der Waals surface area contributed by atoms with E-state index in [4.69, 9.17) is 6.42 Å². The summed E-state index contributed by atoms with van der Waals surface area (Å²) in [7, 11) is 1.57. The molecule has 0 spiro atoms. The van der Waals surface area contributed by atoms with E-state index in [0.29, 0.717) is 5.56 Å². The number of carbonyl (C=O) groups excluding carboxylic acids is 1. The predicted molar refractivity (Wildman–Crippen MR) is 57.3 cm³/mol. The fourth-order valence-electron chi connectivity index (χ4n) is 1.16. The Kier molecular flexibility index (Phi) is 3.87. The smallest absolute Gasteiger partial charge is 0.253 e. The van der Waals surface area contributed by atoms with E-state index in [1.807, 2.05) is 0 Å². The number of carbonyl (C=O) groups is 1. The fraction of sp³-hybridized carbons (Fsp3) is 0.250. The Balaban J connectivity index is 2.79. The van der Waals surface area contributed by atoms with Crippen LogP contribution in [0.2, 0.25) is 0 Å². The van der Waals surface area contributed by atoms with Gasteiger partial charge in [0, 0.05) is 24.7 Å². The average molecular weight is 205 g/mol. The molecule has 0 saturated heterocycles. The van der Waals surface area contributed by atoms with E-state index >= 15 is 0 Å². The Morgan fingerprint density at radius 2 is 2.07 bits per heavy atom. The Morgan fingerprint density at radius 3 is 2.53 bits per heavy atom. The number of alkyl halides is 1. The van der Waals surface area contributed by atoms with E-state index in [-0.39, 0.29) is 12.5 Å². The molecule has 0 aliphatic rings. The zero-order valence-electron chi connectivity index (χ0n) is 8.53. The number of hydrogen-bond donors (Lipinski definition) is 0. The molecule has 0 fully saturated rings. The average Bonchev–Trinajstić information content (AvgIpc) is 2.28. The molecule has 0 bridgehead atoms. The topological polar surface area (TPSA) is 20.3 Å². The van der Waals surface area contributed by atoms with Crippen molar-refractivity contribution in [1.29, 1.82) is 0 Å². The van der Waals surface area contributed by atoms with E-state index < -0.39 is 6.67 Å². The maximum atomic E-state index is 12.0. The third kappa shape index (κ3) is 2.81. The van der Waals surface area contributed by atoms with Gasteiger partial charge in [0.05, 0.1) is 0 Å². The second kappa shape index (κ2) is 5.16. The summed E-state index contributed by atoms with van der Waals surface area (Å²) in [5.41, 5.74) is 1.24. The lowest BCUT2D eigenvalue weighted by atomic mass is 10.1. The van der Waals surface area contributed by atoms with Crippen molar-refractivity contribution in [2.75, 3.05) is 20.3 Å². The molecule has 78 valence electrons. The second-order valence-corrected chi connectivity index (χ2v) is 3.14. The molecule has 0 atom stereocenters. The summed E-state index contributed by atoms with van der Waals surface area (Å²) in [5.74, 6) is 2.26. The number of rotatable bonds is 3. The molecule has 1 amide bonds. The molecule has 0 aromatic heterocycles.